The molecular weight excluding hydrogens is 175 g/mol. The molecule has 11 heavy (non-hydrogen) atoms. The molecule has 0 bridgehead atoms. The standard InChI is InChI=1S/C4H4F5O2/c5-2(6)1-11-3(10)4(7,8)9/h2-3H,1H2. The first kappa shape index (κ1) is 10.6. The smallest absolute Gasteiger partial charge is 0.337 e. The van der Waals surface area contributed by atoms with Crippen molar-refractivity contribution < 1.29 is 31.8 Å². The summed E-state index contributed by atoms with van der Waals surface area (Å²) in [4.78, 5) is 0. The highest BCUT2D eigenvalue weighted by atomic mass is 19.4. The third-order valence-corrected chi connectivity index (χ3v) is 0.641. The highest BCUT2D eigenvalue weighted by Crippen LogP contribution is 2.21. The van der Waals surface area contributed by atoms with Crippen molar-refractivity contribution in [3.8, 4) is 0 Å². The van der Waals surface area contributed by atoms with E-state index in [-0.39, 0.29) is 0 Å². The predicted octanol–water partition coefficient (Wildman–Crippen LogP) is 1.59. The lowest BCUT2D eigenvalue weighted by Gasteiger charge is -2.12. The van der Waals surface area contributed by atoms with Crippen LogP contribution in [0.1, 0.15) is 0 Å². The molecule has 0 aliphatic heterocycles. The molecule has 0 aromatic carbocycles. The van der Waals surface area contributed by atoms with Crippen LogP contribution >= 0.6 is 0 Å². The van der Waals surface area contributed by atoms with E-state index in [1.54, 1.807) is 0 Å². The summed E-state index contributed by atoms with van der Waals surface area (Å²) in [6.45, 7) is -1.49. The second kappa shape index (κ2) is 3.82. The fraction of sp³-hybridized carbons (Fsp3) is 1.00. The first-order chi connectivity index (χ1) is 4.84. The SMILES string of the molecule is [O]C(OCC(F)F)C(F)(F)F. The third kappa shape index (κ3) is 4.91. The second-order valence-corrected chi connectivity index (χ2v) is 1.60. The van der Waals surface area contributed by atoms with Gasteiger partial charge in [-0.15, -0.1) is 0 Å². The van der Waals surface area contributed by atoms with Crippen LogP contribution in [0.15, 0.2) is 0 Å². The minimum Gasteiger partial charge on any atom is -0.337 e. The van der Waals surface area contributed by atoms with Crippen molar-refractivity contribution in [2.75, 3.05) is 6.61 Å². The van der Waals surface area contributed by atoms with Crippen molar-refractivity contribution >= 4 is 0 Å². The molecule has 1 unspecified atom stereocenters. The maximum absolute atomic E-state index is 11.2. The monoisotopic (exact) mass is 179 g/mol. The van der Waals surface area contributed by atoms with Crippen LogP contribution in [0.3, 0.4) is 0 Å². The first-order valence-corrected chi connectivity index (χ1v) is 2.46. The van der Waals surface area contributed by atoms with Crippen molar-refractivity contribution in [3.05, 3.63) is 0 Å². The van der Waals surface area contributed by atoms with Crippen molar-refractivity contribution in [1.29, 1.82) is 0 Å². The quantitative estimate of drug-likeness (QED) is 0.477. The number of hydrogen-bond acceptors (Lipinski definition) is 1. The highest BCUT2D eigenvalue weighted by molar-refractivity contribution is 4.52. The fourth-order valence-electron chi connectivity index (χ4n) is 0.255. The van der Waals surface area contributed by atoms with Crippen molar-refractivity contribution in [1.82, 2.24) is 0 Å². The Labute approximate surface area is 58.6 Å². The van der Waals surface area contributed by atoms with Crippen LogP contribution < -0.4 is 0 Å². The Kier molecular flexibility index (Phi) is 3.67. The van der Waals surface area contributed by atoms with Gasteiger partial charge in [0.1, 0.15) is 6.61 Å². The Morgan fingerprint density at radius 3 is 2.00 bits per heavy atom. The summed E-state index contributed by atoms with van der Waals surface area (Å²) in [7, 11) is 0. The van der Waals surface area contributed by atoms with E-state index in [1.807, 2.05) is 0 Å². The van der Waals surface area contributed by atoms with E-state index >= 15 is 0 Å². The van der Waals surface area contributed by atoms with Gasteiger partial charge in [-0.2, -0.15) is 18.3 Å². The number of alkyl halides is 5. The summed E-state index contributed by atoms with van der Waals surface area (Å²) < 4.78 is 59.2. The lowest BCUT2D eigenvalue weighted by Crippen LogP contribution is -2.31. The largest absolute Gasteiger partial charge is 0.443 e. The number of hydrogen-bond donors (Lipinski definition) is 0. The Morgan fingerprint density at radius 1 is 1.27 bits per heavy atom. The Bertz CT molecular complexity index is 112. The predicted molar refractivity (Wildman–Crippen MR) is 22.5 cm³/mol. The molecule has 0 spiro atoms. The molecule has 0 aliphatic rings. The molecule has 0 aromatic rings. The first-order valence-electron chi connectivity index (χ1n) is 2.46. The molecule has 0 aliphatic carbocycles. The van der Waals surface area contributed by atoms with E-state index in [2.05, 4.69) is 4.74 Å². The van der Waals surface area contributed by atoms with Gasteiger partial charge in [-0.25, -0.2) is 8.78 Å². The van der Waals surface area contributed by atoms with Gasteiger partial charge in [0.2, 0.25) is 0 Å². The van der Waals surface area contributed by atoms with Crippen LogP contribution in [0.5, 0.6) is 0 Å². The molecular formula is C4H4F5O2. The Morgan fingerprint density at radius 2 is 1.73 bits per heavy atom. The minimum atomic E-state index is -5.12. The maximum atomic E-state index is 11.2. The normalized spacial score (nSPS) is 15.5. The summed E-state index contributed by atoms with van der Waals surface area (Å²) >= 11 is 0. The number of halogens is 5. The summed E-state index contributed by atoms with van der Waals surface area (Å²) in [6.07, 6.45) is -11.6. The Balaban J connectivity index is 3.61. The van der Waals surface area contributed by atoms with Crippen LogP contribution in [0.2, 0.25) is 0 Å². The van der Waals surface area contributed by atoms with E-state index in [1.165, 1.54) is 0 Å². The van der Waals surface area contributed by atoms with Gasteiger partial charge >= 0.3 is 6.18 Å². The van der Waals surface area contributed by atoms with Crippen LogP contribution in [0, 0.1) is 0 Å². The van der Waals surface area contributed by atoms with Gasteiger partial charge in [0.25, 0.3) is 12.7 Å². The fourth-order valence-corrected chi connectivity index (χ4v) is 0.255. The molecule has 0 aromatic heterocycles. The van der Waals surface area contributed by atoms with Gasteiger partial charge in [0.05, 0.1) is 0 Å². The van der Waals surface area contributed by atoms with Crippen LogP contribution in [0.4, 0.5) is 22.0 Å². The average Bonchev–Trinajstić information content (AvgIpc) is 1.80. The van der Waals surface area contributed by atoms with Gasteiger partial charge in [0.15, 0.2) is 0 Å². The minimum absolute atomic E-state index is 1.49. The summed E-state index contributed by atoms with van der Waals surface area (Å²) in [6, 6.07) is 0. The lowest BCUT2D eigenvalue weighted by molar-refractivity contribution is -0.318. The molecule has 1 atom stereocenters. The van der Waals surface area contributed by atoms with E-state index in [0.717, 1.165) is 0 Å². The van der Waals surface area contributed by atoms with E-state index < -0.39 is 25.5 Å². The molecule has 0 fully saturated rings. The molecule has 7 heteroatoms. The zero-order chi connectivity index (χ0) is 9.07. The lowest BCUT2D eigenvalue weighted by atomic mass is 10.6. The third-order valence-electron chi connectivity index (χ3n) is 0.641. The topological polar surface area (TPSA) is 29.1 Å². The van der Waals surface area contributed by atoms with Crippen molar-refractivity contribution in [2.24, 2.45) is 0 Å². The zero-order valence-electron chi connectivity index (χ0n) is 5.07. The molecule has 0 N–H and O–H groups in total. The van der Waals surface area contributed by atoms with Crippen LogP contribution in [-0.2, 0) is 9.84 Å². The molecule has 0 rings (SSSR count). The molecule has 67 valence electrons. The van der Waals surface area contributed by atoms with Gasteiger partial charge in [0, 0.05) is 0 Å². The van der Waals surface area contributed by atoms with E-state index in [4.69, 9.17) is 0 Å². The van der Waals surface area contributed by atoms with E-state index in [0.29, 0.717) is 0 Å². The zero-order valence-corrected chi connectivity index (χ0v) is 5.07. The van der Waals surface area contributed by atoms with Gasteiger partial charge in [-0.05, 0) is 0 Å². The second-order valence-electron chi connectivity index (χ2n) is 1.60. The van der Waals surface area contributed by atoms with Crippen molar-refractivity contribution in [2.45, 2.75) is 18.9 Å². The molecule has 0 saturated heterocycles. The van der Waals surface area contributed by atoms with Crippen molar-refractivity contribution in [3.63, 3.8) is 0 Å². The summed E-state index contributed by atoms with van der Waals surface area (Å²) in [5.74, 6) is 0. The van der Waals surface area contributed by atoms with Gasteiger partial charge in [-0.3, -0.25) is 0 Å². The average molecular weight is 179 g/mol. The summed E-state index contributed by atoms with van der Waals surface area (Å²) in [5, 5.41) is 9.77. The van der Waals surface area contributed by atoms with Gasteiger partial charge in [-0.1, -0.05) is 0 Å². The number of rotatable bonds is 3. The molecule has 0 amide bonds. The Hall–Kier alpha value is -0.430. The highest BCUT2D eigenvalue weighted by Gasteiger charge is 2.41. The molecule has 0 heterocycles. The van der Waals surface area contributed by atoms with Gasteiger partial charge < -0.3 is 4.74 Å². The van der Waals surface area contributed by atoms with E-state index in [9.17, 15) is 27.1 Å². The molecule has 2 nitrogen and oxygen atoms in total. The number of ether oxygens (including phenoxy) is 1. The summed E-state index contributed by atoms with van der Waals surface area (Å²) in [5.41, 5.74) is 0. The van der Waals surface area contributed by atoms with Crippen LogP contribution in [-0.4, -0.2) is 25.5 Å². The maximum Gasteiger partial charge on any atom is 0.443 e. The molecule has 0 saturated carbocycles. The van der Waals surface area contributed by atoms with Crippen LogP contribution in [0.25, 0.3) is 0 Å². The molecule has 1 radical (unpaired) electrons.